The Morgan fingerprint density at radius 3 is 2.64 bits per heavy atom. The van der Waals surface area contributed by atoms with Crippen molar-refractivity contribution in [3.8, 4) is 0 Å². The van der Waals surface area contributed by atoms with E-state index < -0.39 is 0 Å². The topological polar surface area (TPSA) is 17.1 Å². The SMILES string of the molecule is C=CCSCC(=O)c1ccc(C)cc1. The highest BCUT2D eigenvalue weighted by Crippen LogP contribution is 2.08. The Bertz CT molecular complexity index is 314. The van der Waals surface area contributed by atoms with E-state index >= 15 is 0 Å². The highest BCUT2D eigenvalue weighted by atomic mass is 32.2. The maximum absolute atomic E-state index is 11.6. The van der Waals surface area contributed by atoms with Gasteiger partial charge in [-0.05, 0) is 6.92 Å². The molecule has 74 valence electrons. The molecule has 0 unspecified atom stereocenters. The molecule has 0 fully saturated rings. The Labute approximate surface area is 89.2 Å². The van der Waals surface area contributed by atoms with Gasteiger partial charge in [0.05, 0.1) is 5.75 Å². The molecule has 0 aliphatic heterocycles. The first-order valence-corrected chi connectivity index (χ1v) is 5.68. The number of benzene rings is 1. The maximum atomic E-state index is 11.6. The molecular weight excluding hydrogens is 192 g/mol. The van der Waals surface area contributed by atoms with Gasteiger partial charge in [0, 0.05) is 11.3 Å². The van der Waals surface area contributed by atoms with Crippen LogP contribution in [-0.4, -0.2) is 17.3 Å². The van der Waals surface area contributed by atoms with Crippen molar-refractivity contribution >= 4 is 17.5 Å². The van der Waals surface area contributed by atoms with Gasteiger partial charge >= 0.3 is 0 Å². The molecule has 1 aromatic rings. The summed E-state index contributed by atoms with van der Waals surface area (Å²) in [5.74, 6) is 1.56. The van der Waals surface area contributed by atoms with Crippen LogP contribution >= 0.6 is 11.8 Å². The van der Waals surface area contributed by atoms with E-state index in [-0.39, 0.29) is 5.78 Å². The average molecular weight is 206 g/mol. The summed E-state index contributed by atoms with van der Waals surface area (Å²) >= 11 is 1.59. The summed E-state index contributed by atoms with van der Waals surface area (Å²) in [5, 5.41) is 0. The van der Waals surface area contributed by atoms with E-state index in [1.807, 2.05) is 37.3 Å². The van der Waals surface area contributed by atoms with E-state index in [9.17, 15) is 4.79 Å². The molecule has 0 atom stereocenters. The van der Waals surface area contributed by atoms with Crippen molar-refractivity contribution in [1.82, 2.24) is 0 Å². The van der Waals surface area contributed by atoms with Gasteiger partial charge < -0.3 is 0 Å². The number of ketones is 1. The van der Waals surface area contributed by atoms with Gasteiger partial charge in [0.25, 0.3) is 0 Å². The van der Waals surface area contributed by atoms with E-state index in [1.54, 1.807) is 11.8 Å². The molecule has 0 bridgehead atoms. The van der Waals surface area contributed by atoms with E-state index in [4.69, 9.17) is 0 Å². The van der Waals surface area contributed by atoms with Crippen LogP contribution in [0.3, 0.4) is 0 Å². The van der Waals surface area contributed by atoms with Crippen molar-refractivity contribution in [1.29, 1.82) is 0 Å². The van der Waals surface area contributed by atoms with Crippen LogP contribution in [0.2, 0.25) is 0 Å². The molecule has 0 amide bonds. The highest BCUT2D eigenvalue weighted by molar-refractivity contribution is 8.00. The van der Waals surface area contributed by atoms with Crippen LogP contribution in [0, 0.1) is 6.92 Å². The van der Waals surface area contributed by atoms with Gasteiger partial charge in [-0.3, -0.25) is 4.79 Å². The fraction of sp³-hybridized carbons (Fsp3) is 0.250. The first kappa shape index (κ1) is 11.1. The Morgan fingerprint density at radius 2 is 2.07 bits per heavy atom. The van der Waals surface area contributed by atoms with Gasteiger partial charge in [0.15, 0.2) is 5.78 Å². The second kappa shape index (κ2) is 5.66. The van der Waals surface area contributed by atoms with Crippen LogP contribution in [0.4, 0.5) is 0 Å². The molecule has 14 heavy (non-hydrogen) atoms. The highest BCUT2D eigenvalue weighted by Gasteiger charge is 2.03. The molecule has 1 aromatic carbocycles. The van der Waals surface area contributed by atoms with E-state index in [1.165, 1.54) is 5.56 Å². The minimum Gasteiger partial charge on any atom is -0.293 e. The van der Waals surface area contributed by atoms with Crippen LogP contribution in [0.1, 0.15) is 15.9 Å². The molecule has 0 aliphatic carbocycles. The molecule has 2 heteroatoms. The molecule has 0 saturated carbocycles. The molecule has 0 aromatic heterocycles. The molecule has 0 N–H and O–H groups in total. The largest absolute Gasteiger partial charge is 0.293 e. The summed E-state index contributed by atoms with van der Waals surface area (Å²) < 4.78 is 0. The molecular formula is C12H14OS. The molecule has 1 rings (SSSR count). The number of carbonyl (C=O) groups is 1. The fourth-order valence-electron chi connectivity index (χ4n) is 1.06. The van der Waals surface area contributed by atoms with E-state index in [0.29, 0.717) is 5.75 Å². The summed E-state index contributed by atoms with van der Waals surface area (Å²) in [5.41, 5.74) is 1.98. The molecule has 0 aliphatic rings. The minimum atomic E-state index is 0.192. The standard InChI is InChI=1S/C12H14OS/c1-3-8-14-9-12(13)11-6-4-10(2)5-7-11/h3-7H,1,8-9H2,2H3. The van der Waals surface area contributed by atoms with Gasteiger partial charge in [-0.25, -0.2) is 0 Å². The minimum absolute atomic E-state index is 0.192. The first-order chi connectivity index (χ1) is 6.74. The maximum Gasteiger partial charge on any atom is 0.172 e. The van der Waals surface area contributed by atoms with Crippen molar-refractivity contribution < 1.29 is 4.79 Å². The van der Waals surface area contributed by atoms with Crippen LogP contribution in [0.25, 0.3) is 0 Å². The second-order valence-corrected chi connectivity index (χ2v) is 4.12. The van der Waals surface area contributed by atoms with Crippen LogP contribution in [0.5, 0.6) is 0 Å². The zero-order chi connectivity index (χ0) is 10.4. The van der Waals surface area contributed by atoms with Gasteiger partial charge in [-0.15, -0.1) is 18.3 Å². The van der Waals surface area contributed by atoms with Gasteiger partial charge in [0.1, 0.15) is 0 Å². The van der Waals surface area contributed by atoms with Crippen molar-refractivity contribution in [3.63, 3.8) is 0 Å². The number of Topliss-reactive ketones (excluding diaryl/α,β-unsaturated/α-hetero) is 1. The normalized spacial score (nSPS) is 9.79. The molecule has 1 nitrogen and oxygen atoms in total. The monoisotopic (exact) mass is 206 g/mol. The van der Waals surface area contributed by atoms with Crippen molar-refractivity contribution in [3.05, 3.63) is 48.0 Å². The number of rotatable bonds is 5. The quantitative estimate of drug-likeness (QED) is 0.418. The summed E-state index contributed by atoms with van der Waals surface area (Å²) in [7, 11) is 0. The Balaban J connectivity index is 2.52. The number of hydrogen-bond donors (Lipinski definition) is 0. The molecule has 0 radical (unpaired) electrons. The van der Waals surface area contributed by atoms with Gasteiger partial charge in [-0.1, -0.05) is 35.9 Å². The summed E-state index contributed by atoms with van der Waals surface area (Å²) in [6, 6.07) is 7.69. The average Bonchev–Trinajstić information content (AvgIpc) is 2.19. The Hall–Kier alpha value is -1.02. The third-order valence-corrected chi connectivity index (χ3v) is 2.78. The lowest BCUT2D eigenvalue weighted by molar-refractivity contribution is 0.102. The number of hydrogen-bond acceptors (Lipinski definition) is 2. The lowest BCUT2D eigenvalue weighted by atomic mass is 10.1. The smallest absolute Gasteiger partial charge is 0.172 e. The van der Waals surface area contributed by atoms with Gasteiger partial charge in [0.2, 0.25) is 0 Å². The molecule has 0 spiro atoms. The summed E-state index contributed by atoms with van der Waals surface area (Å²) in [6.07, 6.45) is 1.81. The Kier molecular flexibility index (Phi) is 4.47. The lowest BCUT2D eigenvalue weighted by Gasteiger charge is -2.00. The fourth-order valence-corrected chi connectivity index (χ4v) is 1.69. The summed E-state index contributed by atoms with van der Waals surface area (Å²) in [4.78, 5) is 11.6. The third-order valence-electron chi connectivity index (χ3n) is 1.84. The second-order valence-electron chi connectivity index (χ2n) is 3.09. The first-order valence-electron chi connectivity index (χ1n) is 4.52. The molecule has 0 saturated heterocycles. The van der Waals surface area contributed by atoms with Crippen molar-refractivity contribution in [2.24, 2.45) is 0 Å². The van der Waals surface area contributed by atoms with Crippen molar-refractivity contribution in [2.45, 2.75) is 6.92 Å². The lowest BCUT2D eigenvalue weighted by Crippen LogP contribution is -2.02. The van der Waals surface area contributed by atoms with Crippen LogP contribution < -0.4 is 0 Å². The number of aryl methyl sites for hydroxylation is 1. The Morgan fingerprint density at radius 1 is 1.43 bits per heavy atom. The van der Waals surface area contributed by atoms with Crippen molar-refractivity contribution in [2.75, 3.05) is 11.5 Å². The number of thioether (sulfide) groups is 1. The van der Waals surface area contributed by atoms with E-state index in [0.717, 1.165) is 11.3 Å². The zero-order valence-corrected chi connectivity index (χ0v) is 9.14. The third kappa shape index (κ3) is 3.38. The zero-order valence-electron chi connectivity index (χ0n) is 8.32. The summed E-state index contributed by atoms with van der Waals surface area (Å²) in [6.45, 7) is 5.62. The number of carbonyl (C=O) groups excluding carboxylic acids is 1. The predicted molar refractivity (Wildman–Crippen MR) is 63.0 cm³/mol. The van der Waals surface area contributed by atoms with Crippen LogP contribution in [0.15, 0.2) is 36.9 Å². The predicted octanol–water partition coefficient (Wildman–Crippen LogP) is 3.10. The van der Waals surface area contributed by atoms with Crippen LogP contribution in [-0.2, 0) is 0 Å². The van der Waals surface area contributed by atoms with E-state index in [2.05, 4.69) is 6.58 Å². The molecule has 0 heterocycles. The van der Waals surface area contributed by atoms with Gasteiger partial charge in [-0.2, -0.15) is 0 Å².